The van der Waals surface area contributed by atoms with Crippen LogP contribution < -0.4 is 4.78 Å². The maximum absolute atomic E-state index is 10.2. The van der Waals surface area contributed by atoms with Crippen molar-refractivity contribution in [2.75, 3.05) is 0 Å². The van der Waals surface area contributed by atoms with Crippen LogP contribution in [-0.2, 0) is 4.65 Å². The van der Waals surface area contributed by atoms with Crippen molar-refractivity contribution < 1.29 is 14.8 Å². The van der Waals surface area contributed by atoms with E-state index in [4.69, 9.17) is 4.65 Å². The molecule has 0 aromatic carbocycles. The van der Waals surface area contributed by atoms with Gasteiger partial charge >= 0.3 is 7.12 Å². The summed E-state index contributed by atoms with van der Waals surface area (Å²) in [5, 5.41) is 25.3. The van der Waals surface area contributed by atoms with Crippen LogP contribution in [0.3, 0.4) is 0 Å². The average molecular weight is 294 g/mol. The second-order valence-corrected chi connectivity index (χ2v) is 6.76. The van der Waals surface area contributed by atoms with Crippen LogP contribution in [0.25, 0.3) is 5.00 Å². The third kappa shape index (κ3) is 3.12. The largest absolute Gasteiger partial charge is 0.502 e. The summed E-state index contributed by atoms with van der Waals surface area (Å²) in [5.74, 6) is 0. The molecular formula is C13H19BN2O3S. The summed E-state index contributed by atoms with van der Waals surface area (Å²) in [6.07, 6.45) is 3.54. The lowest BCUT2D eigenvalue weighted by molar-refractivity contribution is -0.0981. The third-order valence-electron chi connectivity index (χ3n) is 3.47. The minimum absolute atomic E-state index is 0.674. The number of hydrogen-bond acceptors (Lipinski definition) is 5. The predicted octanol–water partition coefficient (Wildman–Crippen LogP) is 1.19. The number of nitrogens with zero attached hydrogens (tertiary/aromatic N) is 2. The van der Waals surface area contributed by atoms with Crippen LogP contribution in [0.15, 0.2) is 30.6 Å². The molecule has 0 aliphatic rings. The SMILES string of the molecule is CC(C)(O)C(C)(C)OB(O)c1ccc(-n2cccn2)s1. The molecule has 2 N–H and O–H groups in total. The van der Waals surface area contributed by atoms with Crippen LogP contribution in [0.5, 0.6) is 0 Å². The van der Waals surface area contributed by atoms with Gasteiger partial charge in [0.25, 0.3) is 0 Å². The van der Waals surface area contributed by atoms with Crippen LogP contribution in [0.2, 0.25) is 0 Å². The van der Waals surface area contributed by atoms with Gasteiger partial charge in [-0.15, -0.1) is 11.3 Å². The van der Waals surface area contributed by atoms with E-state index in [1.807, 2.05) is 18.3 Å². The van der Waals surface area contributed by atoms with E-state index in [2.05, 4.69) is 5.10 Å². The van der Waals surface area contributed by atoms with Crippen molar-refractivity contribution in [3.8, 4) is 5.00 Å². The molecule has 0 atom stereocenters. The van der Waals surface area contributed by atoms with Gasteiger partial charge in [-0.2, -0.15) is 5.10 Å². The predicted molar refractivity (Wildman–Crippen MR) is 80.5 cm³/mol. The molecule has 0 aliphatic heterocycles. The Morgan fingerprint density at radius 3 is 2.55 bits per heavy atom. The molecule has 0 amide bonds. The molecule has 108 valence electrons. The zero-order valence-corrected chi connectivity index (χ0v) is 12.9. The Morgan fingerprint density at radius 1 is 1.30 bits per heavy atom. The van der Waals surface area contributed by atoms with Gasteiger partial charge < -0.3 is 14.8 Å². The Labute approximate surface area is 123 Å². The highest BCUT2D eigenvalue weighted by Gasteiger charge is 2.39. The van der Waals surface area contributed by atoms with Crippen LogP contribution >= 0.6 is 11.3 Å². The molecule has 2 heterocycles. The van der Waals surface area contributed by atoms with E-state index in [1.54, 1.807) is 44.6 Å². The lowest BCUT2D eigenvalue weighted by Gasteiger charge is -2.38. The highest BCUT2D eigenvalue weighted by Crippen LogP contribution is 2.26. The first-order valence-corrected chi connectivity index (χ1v) is 7.20. The molecule has 2 aromatic heterocycles. The lowest BCUT2D eigenvalue weighted by Crippen LogP contribution is -2.52. The van der Waals surface area contributed by atoms with Gasteiger partial charge in [0, 0.05) is 17.2 Å². The van der Waals surface area contributed by atoms with Crippen molar-refractivity contribution in [1.29, 1.82) is 0 Å². The smallest absolute Gasteiger partial charge is 0.423 e. The summed E-state index contributed by atoms with van der Waals surface area (Å²) in [6, 6.07) is 5.51. The van der Waals surface area contributed by atoms with Gasteiger partial charge in [-0.05, 0) is 45.9 Å². The monoisotopic (exact) mass is 294 g/mol. The van der Waals surface area contributed by atoms with Crippen molar-refractivity contribution in [2.45, 2.75) is 38.9 Å². The minimum Gasteiger partial charge on any atom is -0.423 e. The van der Waals surface area contributed by atoms with Crippen LogP contribution in [0.4, 0.5) is 0 Å². The summed E-state index contributed by atoms with van der Waals surface area (Å²) in [6.45, 7) is 6.81. The number of thiophene rings is 1. The molecule has 0 fully saturated rings. The number of aromatic nitrogens is 2. The molecule has 0 radical (unpaired) electrons. The summed E-state index contributed by atoms with van der Waals surface area (Å²) in [4.78, 5) is 0. The molecular weight excluding hydrogens is 275 g/mol. The zero-order chi connectivity index (χ0) is 15.0. The van der Waals surface area contributed by atoms with Crippen LogP contribution in [-0.4, -0.2) is 38.2 Å². The van der Waals surface area contributed by atoms with Gasteiger partial charge in [-0.3, -0.25) is 0 Å². The van der Waals surface area contributed by atoms with Crippen molar-refractivity contribution in [3.05, 3.63) is 30.6 Å². The van der Waals surface area contributed by atoms with E-state index in [0.717, 1.165) is 5.00 Å². The summed E-state index contributed by atoms with van der Waals surface area (Å²) in [7, 11) is -1.08. The van der Waals surface area contributed by atoms with Crippen molar-refractivity contribution in [1.82, 2.24) is 9.78 Å². The van der Waals surface area contributed by atoms with Gasteiger partial charge in [-0.25, -0.2) is 4.68 Å². The van der Waals surface area contributed by atoms with Crippen molar-refractivity contribution >= 4 is 23.2 Å². The summed E-state index contributed by atoms with van der Waals surface area (Å²) < 4.78 is 8.00. The Balaban J connectivity index is 2.13. The molecule has 20 heavy (non-hydrogen) atoms. The van der Waals surface area contributed by atoms with Gasteiger partial charge in [0.15, 0.2) is 0 Å². The Kier molecular flexibility index (Phi) is 4.06. The minimum atomic E-state index is -1.08. The molecule has 0 saturated heterocycles. The van der Waals surface area contributed by atoms with Crippen molar-refractivity contribution in [2.24, 2.45) is 0 Å². The lowest BCUT2D eigenvalue weighted by atomic mass is 9.82. The maximum atomic E-state index is 10.2. The molecule has 0 saturated carbocycles. The normalized spacial score (nSPS) is 12.7. The molecule has 2 aromatic rings. The van der Waals surface area contributed by atoms with Gasteiger partial charge in [0.1, 0.15) is 5.00 Å². The first-order valence-electron chi connectivity index (χ1n) is 6.39. The van der Waals surface area contributed by atoms with Crippen molar-refractivity contribution in [3.63, 3.8) is 0 Å². The summed E-state index contributed by atoms with van der Waals surface area (Å²) in [5.41, 5.74) is -1.93. The molecule has 0 unspecified atom stereocenters. The maximum Gasteiger partial charge on any atom is 0.502 e. The average Bonchev–Trinajstić information content (AvgIpc) is 2.98. The van der Waals surface area contributed by atoms with E-state index in [-0.39, 0.29) is 0 Å². The van der Waals surface area contributed by atoms with E-state index in [1.165, 1.54) is 11.3 Å². The van der Waals surface area contributed by atoms with E-state index >= 15 is 0 Å². The molecule has 0 aliphatic carbocycles. The van der Waals surface area contributed by atoms with E-state index < -0.39 is 18.3 Å². The van der Waals surface area contributed by atoms with Gasteiger partial charge in [-0.1, -0.05) is 0 Å². The molecule has 5 nitrogen and oxygen atoms in total. The summed E-state index contributed by atoms with van der Waals surface area (Å²) >= 11 is 1.39. The molecule has 2 rings (SSSR count). The Hall–Kier alpha value is -1.15. The molecule has 0 bridgehead atoms. The fourth-order valence-corrected chi connectivity index (χ4v) is 2.34. The third-order valence-corrected chi connectivity index (χ3v) is 4.57. The molecule has 7 heteroatoms. The Morgan fingerprint density at radius 2 is 2.00 bits per heavy atom. The van der Waals surface area contributed by atoms with E-state index in [9.17, 15) is 10.1 Å². The molecule has 0 spiro atoms. The second kappa shape index (κ2) is 5.33. The quantitative estimate of drug-likeness (QED) is 0.813. The first kappa shape index (κ1) is 15.2. The highest BCUT2D eigenvalue weighted by molar-refractivity contribution is 7.24. The second-order valence-electron chi connectivity index (χ2n) is 5.67. The fraction of sp³-hybridized carbons (Fsp3) is 0.462. The van der Waals surface area contributed by atoms with Gasteiger partial charge in [0.05, 0.1) is 11.2 Å². The first-order chi connectivity index (χ1) is 9.21. The number of aliphatic hydroxyl groups is 1. The Bertz CT molecular complexity index is 560. The standard InChI is InChI=1S/C13H19BN2O3S/c1-12(2,17)13(3,4)19-14(18)10-6-7-11(20-10)16-9-5-8-15-16/h5-9,17-18H,1-4H3. The number of hydrogen-bond donors (Lipinski definition) is 2. The van der Waals surface area contributed by atoms with Crippen LogP contribution in [0.1, 0.15) is 27.7 Å². The number of rotatable bonds is 5. The zero-order valence-electron chi connectivity index (χ0n) is 12.1. The highest BCUT2D eigenvalue weighted by atomic mass is 32.1. The van der Waals surface area contributed by atoms with Gasteiger partial charge in [0.2, 0.25) is 0 Å². The fourth-order valence-electron chi connectivity index (χ4n) is 1.48. The van der Waals surface area contributed by atoms with Crippen LogP contribution in [0, 0.1) is 0 Å². The van der Waals surface area contributed by atoms with E-state index in [0.29, 0.717) is 4.78 Å². The topological polar surface area (TPSA) is 67.5 Å².